The number of carbonyl (C=O) groups is 1. The zero-order chi connectivity index (χ0) is 22.5. The first-order chi connectivity index (χ1) is 16.3. The van der Waals surface area contributed by atoms with Gasteiger partial charge in [-0.15, -0.1) is 0 Å². The van der Waals surface area contributed by atoms with Crippen LogP contribution in [0, 0.1) is 0 Å². The van der Waals surface area contributed by atoms with E-state index < -0.39 is 0 Å². The Balaban J connectivity index is 1.35. The SMILES string of the molecule is O=C(C=CC1=NN(c2ccccc2)C(c2ccccc2)C1)c1ccc(-c2ccccc2)cc1. The van der Waals surface area contributed by atoms with Crippen molar-refractivity contribution in [2.24, 2.45) is 5.10 Å². The van der Waals surface area contributed by atoms with Crippen LogP contribution < -0.4 is 5.01 Å². The molecule has 33 heavy (non-hydrogen) atoms. The van der Waals surface area contributed by atoms with Gasteiger partial charge in [-0.1, -0.05) is 103 Å². The van der Waals surface area contributed by atoms with E-state index in [9.17, 15) is 4.79 Å². The topological polar surface area (TPSA) is 32.7 Å². The first-order valence-corrected chi connectivity index (χ1v) is 11.1. The Kier molecular flexibility index (Phi) is 5.94. The fraction of sp³-hybridized carbons (Fsp3) is 0.0667. The minimum Gasteiger partial charge on any atom is -0.289 e. The van der Waals surface area contributed by atoms with Crippen LogP contribution in [0.4, 0.5) is 5.69 Å². The average Bonchev–Trinajstić information content (AvgIpc) is 3.33. The second-order valence-electron chi connectivity index (χ2n) is 8.04. The number of hydrogen-bond acceptors (Lipinski definition) is 3. The Morgan fingerprint density at radius 1 is 0.727 bits per heavy atom. The maximum Gasteiger partial charge on any atom is 0.185 e. The average molecular weight is 429 g/mol. The van der Waals surface area contributed by atoms with Gasteiger partial charge in [0.05, 0.1) is 17.4 Å². The molecule has 3 heteroatoms. The quantitative estimate of drug-likeness (QED) is 0.242. The highest BCUT2D eigenvalue weighted by molar-refractivity contribution is 6.09. The summed E-state index contributed by atoms with van der Waals surface area (Å²) in [5, 5.41) is 6.90. The van der Waals surface area contributed by atoms with Crippen molar-refractivity contribution in [3.63, 3.8) is 0 Å². The van der Waals surface area contributed by atoms with Gasteiger partial charge in [-0.25, -0.2) is 0 Å². The molecule has 0 spiro atoms. The third-order valence-electron chi connectivity index (χ3n) is 5.84. The predicted molar refractivity (Wildman–Crippen MR) is 136 cm³/mol. The first-order valence-electron chi connectivity index (χ1n) is 11.1. The Morgan fingerprint density at radius 3 is 1.97 bits per heavy atom. The predicted octanol–water partition coefficient (Wildman–Crippen LogP) is 7.10. The standard InChI is InChI=1S/C30H24N2O/c33-30(26-18-16-24(17-19-26)23-10-4-1-5-11-23)21-20-27-22-29(25-12-6-2-7-13-25)32(31-27)28-14-8-3-9-15-28/h1-21,29H,22H2. The van der Waals surface area contributed by atoms with Gasteiger partial charge in [0, 0.05) is 12.0 Å². The molecule has 1 unspecified atom stereocenters. The number of para-hydroxylation sites is 1. The van der Waals surface area contributed by atoms with Gasteiger partial charge >= 0.3 is 0 Å². The number of allylic oxidation sites excluding steroid dienone is 2. The number of benzene rings is 4. The van der Waals surface area contributed by atoms with Crippen LogP contribution in [0.15, 0.2) is 133 Å². The van der Waals surface area contributed by atoms with Gasteiger partial charge in [0.2, 0.25) is 0 Å². The molecule has 0 aromatic heterocycles. The molecule has 0 saturated heterocycles. The molecule has 1 aliphatic rings. The van der Waals surface area contributed by atoms with E-state index >= 15 is 0 Å². The summed E-state index contributed by atoms with van der Waals surface area (Å²) in [6.45, 7) is 0. The normalized spacial score (nSPS) is 15.6. The van der Waals surface area contributed by atoms with Gasteiger partial charge in [0.15, 0.2) is 5.78 Å². The molecule has 0 amide bonds. The molecule has 1 atom stereocenters. The summed E-state index contributed by atoms with van der Waals surface area (Å²) >= 11 is 0. The van der Waals surface area contributed by atoms with Gasteiger partial charge in [-0.3, -0.25) is 9.80 Å². The molecule has 0 radical (unpaired) electrons. The van der Waals surface area contributed by atoms with Gasteiger partial charge in [-0.2, -0.15) is 5.10 Å². The summed E-state index contributed by atoms with van der Waals surface area (Å²) in [5.41, 5.74) is 6.04. The molecule has 0 saturated carbocycles. The number of carbonyl (C=O) groups excluding carboxylic acids is 1. The fourth-order valence-corrected chi connectivity index (χ4v) is 4.11. The summed E-state index contributed by atoms with van der Waals surface area (Å²) in [6, 6.07) is 38.6. The van der Waals surface area contributed by atoms with Crippen molar-refractivity contribution in [2.45, 2.75) is 12.5 Å². The molecule has 4 aromatic rings. The lowest BCUT2D eigenvalue weighted by atomic mass is 10.00. The van der Waals surface area contributed by atoms with E-state index in [1.807, 2.05) is 77.8 Å². The minimum absolute atomic E-state index is 0.0215. The molecule has 4 aromatic carbocycles. The summed E-state index contributed by atoms with van der Waals surface area (Å²) in [5.74, 6) is -0.0215. The third kappa shape index (κ3) is 4.68. The zero-order valence-electron chi connectivity index (χ0n) is 18.2. The Bertz CT molecular complexity index is 1280. The summed E-state index contributed by atoms with van der Waals surface area (Å²) in [7, 11) is 0. The van der Waals surface area contributed by atoms with E-state index in [4.69, 9.17) is 5.10 Å². The fourth-order valence-electron chi connectivity index (χ4n) is 4.11. The number of ketones is 1. The van der Waals surface area contributed by atoms with Crippen LogP contribution in [0.3, 0.4) is 0 Å². The van der Waals surface area contributed by atoms with E-state index in [1.54, 1.807) is 6.08 Å². The van der Waals surface area contributed by atoms with Gasteiger partial charge in [0.1, 0.15) is 0 Å². The second-order valence-corrected chi connectivity index (χ2v) is 8.04. The lowest BCUT2D eigenvalue weighted by molar-refractivity contribution is 0.104. The van der Waals surface area contributed by atoms with Crippen LogP contribution >= 0.6 is 0 Å². The van der Waals surface area contributed by atoms with E-state index in [2.05, 4.69) is 48.5 Å². The van der Waals surface area contributed by atoms with Gasteiger partial charge in [0.25, 0.3) is 0 Å². The van der Waals surface area contributed by atoms with E-state index in [-0.39, 0.29) is 11.8 Å². The van der Waals surface area contributed by atoms with Crippen LogP contribution in [-0.4, -0.2) is 11.5 Å². The highest BCUT2D eigenvalue weighted by Crippen LogP contribution is 2.35. The molecular formula is C30H24N2O. The molecular weight excluding hydrogens is 404 g/mol. The lowest BCUT2D eigenvalue weighted by Gasteiger charge is -2.23. The second kappa shape index (κ2) is 9.49. The van der Waals surface area contributed by atoms with Crippen LogP contribution in [0.25, 0.3) is 11.1 Å². The van der Waals surface area contributed by atoms with E-state index in [0.717, 1.165) is 28.9 Å². The van der Waals surface area contributed by atoms with Crippen molar-refractivity contribution < 1.29 is 4.79 Å². The molecule has 5 rings (SSSR count). The molecule has 1 aliphatic heterocycles. The monoisotopic (exact) mass is 428 g/mol. The summed E-state index contributed by atoms with van der Waals surface area (Å²) in [6.07, 6.45) is 4.23. The first kappa shape index (κ1) is 20.7. The Hall–Kier alpha value is -4.24. The van der Waals surface area contributed by atoms with Crippen molar-refractivity contribution in [1.82, 2.24) is 0 Å². The third-order valence-corrected chi connectivity index (χ3v) is 5.84. The van der Waals surface area contributed by atoms with Gasteiger partial charge in [-0.05, 0) is 41.0 Å². The number of hydrazone groups is 1. The van der Waals surface area contributed by atoms with Crippen molar-refractivity contribution in [1.29, 1.82) is 0 Å². The number of hydrogen-bond donors (Lipinski definition) is 0. The van der Waals surface area contributed by atoms with Gasteiger partial charge < -0.3 is 0 Å². The minimum atomic E-state index is -0.0215. The van der Waals surface area contributed by atoms with E-state index in [0.29, 0.717) is 5.56 Å². The lowest BCUT2D eigenvalue weighted by Crippen LogP contribution is -2.18. The van der Waals surface area contributed by atoms with Crippen molar-refractivity contribution in [3.8, 4) is 11.1 Å². The molecule has 1 heterocycles. The Labute approximate surface area is 194 Å². The largest absolute Gasteiger partial charge is 0.289 e. The maximum absolute atomic E-state index is 12.8. The smallest absolute Gasteiger partial charge is 0.185 e. The van der Waals surface area contributed by atoms with Crippen molar-refractivity contribution >= 4 is 17.2 Å². The Morgan fingerprint density at radius 2 is 1.30 bits per heavy atom. The highest BCUT2D eigenvalue weighted by Gasteiger charge is 2.28. The summed E-state index contributed by atoms with van der Waals surface area (Å²) < 4.78 is 0. The molecule has 0 bridgehead atoms. The summed E-state index contributed by atoms with van der Waals surface area (Å²) in [4.78, 5) is 12.8. The van der Waals surface area contributed by atoms with E-state index in [1.165, 1.54) is 5.56 Å². The zero-order valence-corrected chi connectivity index (χ0v) is 18.2. The molecule has 0 N–H and O–H groups in total. The highest BCUT2D eigenvalue weighted by atomic mass is 16.1. The molecule has 0 fully saturated rings. The number of nitrogens with zero attached hydrogens (tertiary/aromatic N) is 2. The number of anilines is 1. The van der Waals surface area contributed by atoms with Crippen LogP contribution in [0.2, 0.25) is 0 Å². The number of rotatable bonds is 6. The van der Waals surface area contributed by atoms with Crippen LogP contribution in [0.5, 0.6) is 0 Å². The van der Waals surface area contributed by atoms with Crippen molar-refractivity contribution in [3.05, 3.63) is 139 Å². The molecule has 3 nitrogen and oxygen atoms in total. The molecule has 160 valence electrons. The molecule has 0 aliphatic carbocycles. The van der Waals surface area contributed by atoms with Crippen LogP contribution in [0.1, 0.15) is 28.4 Å². The maximum atomic E-state index is 12.8. The van der Waals surface area contributed by atoms with Crippen LogP contribution in [-0.2, 0) is 0 Å². The van der Waals surface area contributed by atoms with Crippen molar-refractivity contribution in [2.75, 3.05) is 5.01 Å².